The van der Waals surface area contributed by atoms with Crippen LogP contribution >= 0.6 is 0 Å². The minimum Gasteiger partial charge on any atom is -0.454 e. The van der Waals surface area contributed by atoms with Gasteiger partial charge in [-0.25, -0.2) is 0 Å². The van der Waals surface area contributed by atoms with Gasteiger partial charge in [-0.05, 0) is 25.5 Å². The summed E-state index contributed by atoms with van der Waals surface area (Å²) in [6, 6.07) is 6.31. The third-order valence-electron chi connectivity index (χ3n) is 3.34. The number of nitrogens with one attached hydrogen (secondary N) is 1. The summed E-state index contributed by atoms with van der Waals surface area (Å²) >= 11 is 0. The van der Waals surface area contributed by atoms with E-state index in [0.29, 0.717) is 12.8 Å². The Kier molecular flexibility index (Phi) is 3.60. The lowest BCUT2D eigenvalue weighted by atomic mass is 10.1. The molecule has 20 heavy (non-hydrogen) atoms. The van der Waals surface area contributed by atoms with Crippen molar-refractivity contribution in [3.8, 4) is 11.5 Å². The molecule has 5 heteroatoms. The number of fused-ring (bicyclic) bond motifs is 1. The van der Waals surface area contributed by atoms with E-state index in [2.05, 4.69) is 29.6 Å². The van der Waals surface area contributed by atoms with Crippen LogP contribution in [0.25, 0.3) is 0 Å². The summed E-state index contributed by atoms with van der Waals surface area (Å²) in [5.74, 6) is 1.70. The van der Waals surface area contributed by atoms with Gasteiger partial charge in [0.25, 0.3) is 0 Å². The minimum atomic E-state index is 0.314. The quantitative estimate of drug-likeness (QED) is 0.906. The summed E-state index contributed by atoms with van der Waals surface area (Å²) in [6.45, 7) is 6.12. The van der Waals surface area contributed by atoms with Crippen molar-refractivity contribution >= 4 is 0 Å². The molecule has 1 aromatic carbocycles. The standard InChI is InChI=1S/C15H19N3O2/c1-11-6-17-18(8-11)9-12(2)16-7-13-4-3-5-14-15(13)20-10-19-14/h3-6,8,12,16H,7,9-10H2,1-2H3/t12-/m0/s1. The first-order valence-electron chi connectivity index (χ1n) is 6.82. The molecular weight excluding hydrogens is 254 g/mol. The second-order valence-electron chi connectivity index (χ2n) is 5.17. The van der Waals surface area contributed by atoms with E-state index >= 15 is 0 Å². The molecule has 5 nitrogen and oxygen atoms in total. The Morgan fingerprint density at radius 1 is 1.40 bits per heavy atom. The molecule has 0 amide bonds. The van der Waals surface area contributed by atoms with Crippen LogP contribution in [0.4, 0.5) is 0 Å². The molecule has 1 atom stereocenters. The lowest BCUT2D eigenvalue weighted by Crippen LogP contribution is -2.30. The summed E-state index contributed by atoms with van der Waals surface area (Å²) < 4.78 is 12.8. The molecule has 3 rings (SSSR count). The third-order valence-corrected chi connectivity index (χ3v) is 3.34. The smallest absolute Gasteiger partial charge is 0.231 e. The maximum atomic E-state index is 5.50. The number of rotatable bonds is 5. The van der Waals surface area contributed by atoms with Crippen molar-refractivity contribution in [2.24, 2.45) is 0 Å². The maximum Gasteiger partial charge on any atom is 0.231 e. The first kappa shape index (κ1) is 13.0. The predicted molar refractivity (Wildman–Crippen MR) is 75.8 cm³/mol. The van der Waals surface area contributed by atoms with Crippen LogP contribution in [0.1, 0.15) is 18.1 Å². The molecule has 1 N–H and O–H groups in total. The van der Waals surface area contributed by atoms with Gasteiger partial charge in [0.1, 0.15) is 0 Å². The molecule has 0 aliphatic carbocycles. The lowest BCUT2D eigenvalue weighted by Gasteiger charge is -2.14. The second kappa shape index (κ2) is 5.54. The summed E-state index contributed by atoms with van der Waals surface area (Å²) in [5, 5.41) is 7.79. The minimum absolute atomic E-state index is 0.314. The van der Waals surface area contributed by atoms with Crippen molar-refractivity contribution in [2.45, 2.75) is 33.0 Å². The van der Waals surface area contributed by atoms with Crippen LogP contribution in [0.5, 0.6) is 11.5 Å². The average molecular weight is 273 g/mol. The fraction of sp³-hybridized carbons (Fsp3) is 0.400. The molecule has 1 aromatic heterocycles. The number of para-hydroxylation sites is 1. The average Bonchev–Trinajstić information content (AvgIpc) is 3.05. The van der Waals surface area contributed by atoms with E-state index in [1.54, 1.807) is 0 Å². The number of hydrogen-bond donors (Lipinski definition) is 1. The van der Waals surface area contributed by atoms with Gasteiger partial charge in [-0.2, -0.15) is 5.10 Å². The number of nitrogens with zero attached hydrogens (tertiary/aromatic N) is 2. The fourth-order valence-corrected chi connectivity index (χ4v) is 2.33. The van der Waals surface area contributed by atoms with E-state index in [-0.39, 0.29) is 0 Å². The van der Waals surface area contributed by atoms with Crippen LogP contribution in [0.15, 0.2) is 30.6 Å². The molecule has 1 aliphatic rings. The van der Waals surface area contributed by atoms with Crippen LogP contribution in [0, 0.1) is 6.92 Å². The number of ether oxygens (including phenoxy) is 2. The van der Waals surface area contributed by atoms with Crippen LogP contribution < -0.4 is 14.8 Å². The van der Waals surface area contributed by atoms with E-state index in [1.165, 1.54) is 5.56 Å². The molecule has 0 spiro atoms. The maximum absolute atomic E-state index is 5.50. The van der Waals surface area contributed by atoms with Crippen LogP contribution in [0.2, 0.25) is 0 Å². The zero-order valence-electron chi connectivity index (χ0n) is 11.8. The van der Waals surface area contributed by atoms with Crippen LogP contribution in [0.3, 0.4) is 0 Å². The zero-order chi connectivity index (χ0) is 13.9. The van der Waals surface area contributed by atoms with Crippen LogP contribution in [-0.4, -0.2) is 22.6 Å². The fourth-order valence-electron chi connectivity index (χ4n) is 2.33. The molecule has 0 bridgehead atoms. The SMILES string of the molecule is Cc1cnn(C[C@H](C)NCc2cccc3c2OCO3)c1. The number of aryl methyl sites for hydroxylation is 1. The van der Waals surface area contributed by atoms with Crippen molar-refractivity contribution in [1.82, 2.24) is 15.1 Å². The molecule has 2 heterocycles. The summed E-state index contributed by atoms with van der Waals surface area (Å²) in [6.07, 6.45) is 3.93. The van der Waals surface area contributed by atoms with E-state index in [4.69, 9.17) is 9.47 Å². The highest BCUT2D eigenvalue weighted by Crippen LogP contribution is 2.35. The van der Waals surface area contributed by atoms with Gasteiger partial charge in [0.15, 0.2) is 11.5 Å². The van der Waals surface area contributed by atoms with Gasteiger partial charge in [-0.1, -0.05) is 12.1 Å². The summed E-state index contributed by atoms with van der Waals surface area (Å²) in [7, 11) is 0. The van der Waals surface area contributed by atoms with Crippen LogP contribution in [-0.2, 0) is 13.1 Å². The number of hydrogen-bond acceptors (Lipinski definition) is 4. The largest absolute Gasteiger partial charge is 0.454 e. The van der Waals surface area contributed by atoms with Crippen molar-refractivity contribution in [3.05, 3.63) is 41.7 Å². The monoisotopic (exact) mass is 273 g/mol. The molecule has 0 saturated heterocycles. The molecule has 0 unspecified atom stereocenters. The van der Waals surface area contributed by atoms with Gasteiger partial charge in [-0.15, -0.1) is 0 Å². The highest BCUT2D eigenvalue weighted by Gasteiger charge is 2.17. The summed E-state index contributed by atoms with van der Waals surface area (Å²) in [5.41, 5.74) is 2.31. The molecule has 0 fully saturated rings. The van der Waals surface area contributed by atoms with E-state index in [0.717, 1.165) is 30.2 Å². The van der Waals surface area contributed by atoms with Crippen molar-refractivity contribution < 1.29 is 9.47 Å². The molecule has 0 radical (unpaired) electrons. The van der Waals surface area contributed by atoms with E-state index in [1.807, 2.05) is 29.9 Å². The van der Waals surface area contributed by atoms with Gasteiger partial charge < -0.3 is 14.8 Å². The highest BCUT2D eigenvalue weighted by atomic mass is 16.7. The molecular formula is C15H19N3O2. The number of aromatic nitrogens is 2. The highest BCUT2D eigenvalue weighted by molar-refractivity contribution is 5.48. The zero-order valence-corrected chi connectivity index (χ0v) is 11.8. The first-order chi connectivity index (χ1) is 9.72. The van der Waals surface area contributed by atoms with Crippen molar-refractivity contribution in [3.63, 3.8) is 0 Å². The molecule has 106 valence electrons. The van der Waals surface area contributed by atoms with Crippen molar-refractivity contribution in [2.75, 3.05) is 6.79 Å². The lowest BCUT2D eigenvalue weighted by molar-refractivity contribution is 0.173. The van der Waals surface area contributed by atoms with Gasteiger partial charge in [0.2, 0.25) is 6.79 Å². The molecule has 1 aliphatic heterocycles. The Balaban J connectivity index is 1.58. The number of benzene rings is 1. The molecule has 2 aromatic rings. The van der Waals surface area contributed by atoms with Crippen molar-refractivity contribution in [1.29, 1.82) is 0 Å². The third kappa shape index (κ3) is 2.77. The van der Waals surface area contributed by atoms with Gasteiger partial charge in [-0.3, -0.25) is 4.68 Å². The van der Waals surface area contributed by atoms with E-state index < -0.39 is 0 Å². The molecule has 0 saturated carbocycles. The Morgan fingerprint density at radius 2 is 2.30 bits per heavy atom. The Morgan fingerprint density at radius 3 is 3.10 bits per heavy atom. The Labute approximate surface area is 118 Å². The first-order valence-corrected chi connectivity index (χ1v) is 6.82. The normalized spacial score (nSPS) is 14.5. The predicted octanol–water partition coefficient (Wildman–Crippen LogP) is 2.10. The van der Waals surface area contributed by atoms with Gasteiger partial charge >= 0.3 is 0 Å². The van der Waals surface area contributed by atoms with Gasteiger partial charge in [0.05, 0.1) is 12.7 Å². The topological polar surface area (TPSA) is 48.3 Å². The van der Waals surface area contributed by atoms with Gasteiger partial charge in [0, 0.05) is 24.3 Å². The summed E-state index contributed by atoms with van der Waals surface area (Å²) in [4.78, 5) is 0. The van der Waals surface area contributed by atoms with E-state index in [9.17, 15) is 0 Å². The second-order valence-corrected chi connectivity index (χ2v) is 5.17. The Hall–Kier alpha value is -2.01. The Bertz CT molecular complexity index is 595.